The molecule has 0 aromatic carbocycles. The predicted molar refractivity (Wildman–Crippen MR) is 75.1 cm³/mol. The van der Waals surface area contributed by atoms with Gasteiger partial charge >= 0.3 is 0 Å². The summed E-state index contributed by atoms with van der Waals surface area (Å²) in [4.78, 5) is 6.94. The molecule has 0 saturated carbocycles. The lowest BCUT2D eigenvalue weighted by Gasteiger charge is -2.08. The highest BCUT2D eigenvalue weighted by atomic mass is 32.1. The Morgan fingerprint density at radius 3 is 2.72 bits per heavy atom. The predicted octanol–water partition coefficient (Wildman–Crippen LogP) is 3.06. The van der Waals surface area contributed by atoms with Crippen molar-refractivity contribution in [1.29, 1.82) is 0 Å². The van der Waals surface area contributed by atoms with Gasteiger partial charge < -0.3 is 10.1 Å². The lowest BCUT2D eigenvalue weighted by molar-refractivity contribution is 0.390. The Morgan fingerprint density at radius 1 is 1.28 bits per heavy atom. The van der Waals surface area contributed by atoms with Crippen molar-refractivity contribution < 1.29 is 4.74 Å². The Morgan fingerprint density at radius 2 is 2.06 bits per heavy atom. The summed E-state index contributed by atoms with van der Waals surface area (Å²) in [6.45, 7) is 5.96. The van der Waals surface area contributed by atoms with Crippen LogP contribution in [0.2, 0.25) is 0 Å². The fourth-order valence-electron chi connectivity index (χ4n) is 1.93. The number of nitrogens with one attached hydrogen (secondary N) is 1. The van der Waals surface area contributed by atoms with Crippen LogP contribution in [0.1, 0.15) is 20.9 Å². The molecule has 0 fully saturated rings. The van der Waals surface area contributed by atoms with E-state index in [2.05, 4.69) is 30.2 Å². The normalized spacial score (nSPS) is 10.6. The van der Waals surface area contributed by atoms with Crippen LogP contribution in [-0.2, 0) is 13.1 Å². The van der Waals surface area contributed by atoms with Crippen LogP contribution < -0.4 is 10.1 Å². The van der Waals surface area contributed by atoms with Gasteiger partial charge in [0.1, 0.15) is 0 Å². The standard InChI is InChI=1S/C14H18N2OS/c1-10-7-13(11(2)18-10)9-15-8-12-5-4-6-16-14(12)17-3/h4-7,15H,8-9H2,1-3H3. The van der Waals surface area contributed by atoms with Gasteiger partial charge in [0.15, 0.2) is 0 Å². The second-order valence-corrected chi connectivity index (χ2v) is 5.67. The SMILES string of the molecule is COc1ncccc1CNCc1cc(C)sc1C. The van der Waals surface area contributed by atoms with Crippen molar-refractivity contribution in [2.75, 3.05) is 7.11 Å². The molecule has 0 aliphatic heterocycles. The van der Waals surface area contributed by atoms with E-state index in [0.717, 1.165) is 18.7 Å². The van der Waals surface area contributed by atoms with E-state index in [0.29, 0.717) is 5.88 Å². The maximum atomic E-state index is 5.23. The first-order valence-corrected chi connectivity index (χ1v) is 6.77. The van der Waals surface area contributed by atoms with E-state index in [1.165, 1.54) is 15.3 Å². The first-order chi connectivity index (χ1) is 8.70. The lowest BCUT2D eigenvalue weighted by atomic mass is 10.2. The van der Waals surface area contributed by atoms with Crippen molar-refractivity contribution in [1.82, 2.24) is 10.3 Å². The third-order valence-electron chi connectivity index (χ3n) is 2.82. The molecule has 1 N–H and O–H groups in total. The average Bonchev–Trinajstić information content (AvgIpc) is 2.68. The van der Waals surface area contributed by atoms with Gasteiger partial charge in [-0.05, 0) is 31.5 Å². The summed E-state index contributed by atoms with van der Waals surface area (Å²) < 4.78 is 5.23. The molecule has 96 valence electrons. The summed E-state index contributed by atoms with van der Waals surface area (Å²) in [7, 11) is 1.65. The minimum atomic E-state index is 0.697. The van der Waals surface area contributed by atoms with Crippen molar-refractivity contribution in [3.63, 3.8) is 0 Å². The number of thiophene rings is 1. The molecule has 0 radical (unpaired) electrons. The molecule has 2 rings (SSSR count). The molecule has 4 heteroatoms. The van der Waals surface area contributed by atoms with Gasteiger partial charge in [-0.15, -0.1) is 11.3 Å². The summed E-state index contributed by atoms with van der Waals surface area (Å²) in [5, 5.41) is 3.43. The van der Waals surface area contributed by atoms with Gasteiger partial charge in [0, 0.05) is 34.6 Å². The van der Waals surface area contributed by atoms with Crippen molar-refractivity contribution in [3.8, 4) is 5.88 Å². The lowest BCUT2D eigenvalue weighted by Crippen LogP contribution is -2.13. The third-order valence-corrected chi connectivity index (χ3v) is 3.83. The van der Waals surface area contributed by atoms with Crippen LogP contribution in [0.25, 0.3) is 0 Å². The number of rotatable bonds is 5. The summed E-state index contributed by atoms with van der Waals surface area (Å²) in [6.07, 6.45) is 1.74. The van der Waals surface area contributed by atoms with Gasteiger partial charge in [0.05, 0.1) is 7.11 Å². The second kappa shape index (κ2) is 5.98. The van der Waals surface area contributed by atoms with Crippen molar-refractivity contribution in [3.05, 3.63) is 45.3 Å². The van der Waals surface area contributed by atoms with Crippen LogP contribution in [0.15, 0.2) is 24.4 Å². The van der Waals surface area contributed by atoms with Crippen LogP contribution in [0.3, 0.4) is 0 Å². The zero-order valence-corrected chi connectivity index (χ0v) is 11.8. The molecule has 0 aliphatic rings. The van der Waals surface area contributed by atoms with Gasteiger partial charge in [-0.3, -0.25) is 0 Å². The van der Waals surface area contributed by atoms with E-state index in [9.17, 15) is 0 Å². The van der Waals surface area contributed by atoms with E-state index >= 15 is 0 Å². The van der Waals surface area contributed by atoms with Gasteiger partial charge in [-0.1, -0.05) is 6.07 Å². The number of hydrogen-bond donors (Lipinski definition) is 1. The smallest absolute Gasteiger partial charge is 0.217 e. The molecular weight excluding hydrogens is 244 g/mol. The highest BCUT2D eigenvalue weighted by Crippen LogP contribution is 2.20. The Labute approximate surface area is 112 Å². The Kier molecular flexibility index (Phi) is 4.33. The number of methoxy groups -OCH3 is 1. The fraction of sp³-hybridized carbons (Fsp3) is 0.357. The number of pyridine rings is 1. The van der Waals surface area contributed by atoms with Gasteiger partial charge in [-0.25, -0.2) is 4.98 Å². The highest BCUT2D eigenvalue weighted by Gasteiger charge is 2.05. The second-order valence-electron chi connectivity index (χ2n) is 4.21. The summed E-state index contributed by atoms with van der Waals surface area (Å²) >= 11 is 1.85. The van der Waals surface area contributed by atoms with Gasteiger partial charge in [0.2, 0.25) is 5.88 Å². The maximum absolute atomic E-state index is 5.23. The van der Waals surface area contributed by atoms with E-state index in [-0.39, 0.29) is 0 Å². The summed E-state index contributed by atoms with van der Waals surface area (Å²) in [6, 6.07) is 6.21. The molecule has 3 nitrogen and oxygen atoms in total. The minimum Gasteiger partial charge on any atom is -0.481 e. The third kappa shape index (κ3) is 3.09. The zero-order chi connectivity index (χ0) is 13.0. The quantitative estimate of drug-likeness (QED) is 0.899. The molecule has 2 aromatic rings. The molecule has 2 aromatic heterocycles. The number of ether oxygens (including phenoxy) is 1. The topological polar surface area (TPSA) is 34.1 Å². The monoisotopic (exact) mass is 262 g/mol. The Bertz CT molecular complexity index is 522. The van der Waals surface area contributed by atoms with Crippen molar-refractivity contribution in [2.45, 2.75) is 26.9 Å². The van der Waals surface area contributed by atoms with Crippen LogP contribution in [0.5, 0.6) is 5.88 Å². The van der Waals surface area contributed by atoms with Gasteiger partial charge in [-0.2, -0.15) is 0 Å². The number of aromatic nitrogens is 1. The van der Waals surface area contributed by atoms with E-state index < -0.39 is 0 Å². The largest absolute Gasteiger partial charge is 0.481 e. The van der Waals surface area contributed by atoms with Crippen molar-refractivity contribution in [2.24, 2.45) is 0 Å². The molecule has 0 amide bonds. The van der Waals surface area contributed by atoms with Crippen LogP contribution in [-0.4, -0.2) is 12.1 Å². The van der Waals surface area contributed by atoms with Crippen LogP contribution in [0.4, 0.5) is 0 Å². The Hall–Kier alpha value is -1.39. The molecule has 0 saturated heterocycles. The van der Waals surface area contributed by atoms with Crippen LogP contribution in [0, 0.1) is 13.8 Å². The molecule has 0 atom stereocenters. The Balaban J connectivity index is 1.94. The number of aryl methyl sites for hydroxylation is 2. The zero-order valence-electron chi connectivity index (χ0n) is 11.0. The maximum Gasteiger partial charge on any atom is 0.217 e. The summed E-state index contributed by atoms with van der Waals surface area (Å²) in [5.74, 6) is 0.697. The number of nitrogens with zero attached hydrogens (tertiary/aromatic N) is 1. The molecule has 2 heterocycles. The first-order valence-electron chi connectivity index (χ1n) is 5.95. The van der Waals surface area contributed by atoms with Crippen molar-refractivity contribution >= 4 is 11.3 Å². The van der Waals surface area contributed by atoms with Crippen LogP contribution >= 0.6 is 11.3 Å². The van der Waals surface area contributed by atoms with E-state index in [4.69, 9.17) is 4.74 Å². The van der Waals surface area contributed by atoms with E-state index in [1.807, 2.05) is 23.5 Å². The molecule has 0 unspecified atom stereocenters. The molecule has 0 aliphatic carbocycles. The number of hydrogen-bond acceptors (Lipinski definition) is 4. The van der Waals surface area contributed by atoms with Gasteiger partial charge in [0.25, 0.3) is 0 Å². The first kappa shape index (κ1) is 13.1. The average molecular weight is 262 g/mol. The fourth-order valence-corrected chi connectivity index (χ4v) is 2.88. The molecule has 18 heavy (non-hydrogen) atoms. The highest BCUT2D eigenvalue weighted by molar-refractivity contribution is 7.12. The molecular formula is C14H18N2OS. The summed E-state index contributed by atoms with van der Waals surface area (Å²) in [5.41, 5.74) is 2.46. The van der Waals surface area contributed by atoms with E-state index in [1.54, 1.807) is 13.3 Å². The molecule has 0 spiro atoms. The minimum absolute atomic E-state index is 0.697. The molecule has 0 bridgehead atoms.